The van der Waals surface area contributed by atoms with Crippen molar-refractivity contribution in [3.05, 3.63) is 35.9 Å². The second-order valence-electron chi connectivity index (χ2n) is 15.2. The minimum atomic E-state index is -1.77. The molecule has 64 heavy (non-hydrogen) atoms. The Labute approximate surface area is 371 Å². The maximum Gasteiger partial charge on any atom is 0.326 e. The first-order chi connectivity index (χ1) is 30.2. The van der Waals surface area contributed by atoms with Gasteiger partial charge in [0.15, 0.2) is 11.9 Å². The van der Waals surface area contributed by atoms with E-state index in [1.807, 2.05) is 0 Å². The molecule has 1 aromatic rings. The third-order valence-corrected chi connectivity index (χ3v) is 9.46. The average molecular weight is 906 g/mol. The minimum absolute atomic E-state index is 0.00651. The first-order valence-corrected chi connectivity index (χ1v) is 20.7. The number of aliphatic hydroxyl groups excluding tert-OH is 1. The number of hydrogen-bond donors (Lipinski definition) is 15. The van der Waals surface area contributed by atoms with E-state index in [1.54, 1.807) is 44.2 Å². The van der Waals surface area contributed by atoms with Gasteiger partial charge >= 0.3 is 5.97 Å². The highest BCUT2D eigenvalue weighted by atomic mass is 16.4. The molecule has 0 bridgehead atoms. The first-order valence-electron chi connectivity index (χ1n) is 20.7. The number of nitrogens with two attached hydrogens (primary N) is 7. The van der Waals surface area contributed by atoms with Gasteiger partial charge in [-0.3, -0.25) is 43.5 Å². The SMILES string of the molecule is CC(C)[C@H](NC(=O)[C@@H](N)CCCCN)C(=O)N[C@@H](CO)C(=O)N[C@@H](CC(N)=O)C(=O)N[C@@H](CCCN=C(N)N)C(=O)N[C@@H](Cc1ccccc1)C(=O)N[C@@H](CCCN=C(N)N)C(=O)O. The molecule has 0 saturated heterocycles. The summed E-state index contributed by atoms with van der Waals surface area (Å²) in [7, 11) is 0. The molecule has 7 atom stereocenters. The predicted molar refractivity (Wildman–Crippen MR) is 236 cm³/mol. The molecule has 0 aromatic heterocycles. The number of nitrogens with one attached hydrogen (secondary N) is 6. The number of hydrogen-bond acceptors (Lipinski definition) is 13. The lowest BCUT2D eigenvalue weighted by atomic mass is 10.0. The van der Waals surface area contributed by atoms with Gasteiger partial charge in [0.1, 0.15) is 36.3 Å². The van der Waals surface area contributed by atoms with Crippen LogP contribution in [0.4, 0.5) is 0 Å². The predicted octanol–water partition coefficient (Wildman–Crippen LogP) is -5.69. The van der Waals surface area contributed by atoms with E-state index >= 15 is 0 Å². The summed E-state index contributed by atoms with van der Waals surface area (Å²) in [5, 5.41) is 34.5. The molecule has 0 saturated carbocycles. The molecule has 0 fully saturated rings. The number of aliphatic hydroxyl groups is 1. The summed E-state index contributed by atoms with van der Waals surface area (Å²) in [5.41, 5.74) is 39.0. The Kier molecular flexibility index (Phi) is 25.7. The number of primary amides is 1. The number of amides is 7. The third-order valence-electron chi connectivity index (χ3n) is 9.46. The molecule has 0 aliphatic heterocycles. The van der Waals surface area contributed by atoms with E-state index in [4.69, 9.17) is 40.1 Å². The van der Waals surface area contributed by atoms with Crippen molar-refractivity contribution >= 4 is 59.2 Å². The van der Waals surface area contributed by atoms with Crippen LogP contribution in [0.2, 0.25) is 0 Å². The Hall–Kier alpha value is -6.60. The van der Waals surface area contributed by atoms with Crippen LogP contribution in [0.1, 0.15) is 70.8 Å². The van der Waals surface area contributed by atoms with Crippen LogP contribution >= 0.6 is 0 Å². The molecular weight excluding hydrogens is 839 g/mol. The zero-order valence-electron chi connectivity index (χ0n) is 36.3. The largest absolute Gasteiger partial charge is 0.480 e. The van der Waals surface area contributed by atoms with E-state index in [0.29, 0.717) is 31.4 Å². The summed E-state index contributed by atoms with van der Waals surface area (Å²) in [6, 6.07) is -1.46. The molecule has 358 valence electrons. The van der Waals surface area contributed by atoms with Crippen LogP contribution in [0.25, 0.3) is 0 Å². The summed E-state index contributed by atoms with van der Waals surface area (Å²) >= 11 is 0. The smallest absolute Gasteiger partial charge is 0.326 e. The highest BCUT2D eigenvalue weighted by Crippen LogP contribution is 2.10. The summed E-state index contributed by atoms with van der Waals surface area (Å²) in [4.78, 5) is 113. The van der Waals surface area contributed by atoms with Gasteiger partial charge in [-0.2, -0.15) is 0 Å². The van der Waals surface area contributed by atoms with Crippen molar-refractivity contribution in [3.63, 3.8) is 0 Å². The number of benzene rings is 1. The molecule has 25 nitrogen and oxygen atoms in total. The van der Waals surface area contributed by atoms with Crippen LogP contribution in [0, 0.1) is 5.92 Å². The van der Waals surface area contributed by atoms with Gasteiger partial charge in [-0.25, -0.2) is 4.79 Å². The molecule has 1 rings (SSSR count). The van der Waals surface area contributed by atoms with Crippen LogP contribution in [0.5, 0.6) is 0 Å². The van der Waals surface area contributed by atoms with Gasteiger partial charge in [-0.05, 0) is 56.6 Å². The summed E-state index contributed by atoms with van der Waals surface area (Å²) in [6.07, 6.45) is 0.627. The monoisotopic (exact) mass is 906 g/mol. The standard InChI is InChI=1S/C39H67N15O10/c1-21(2)30(54-31(57)23(41)12-6-7-15-40)36(62)53-28(20-55)35(61)52-27(19-29(42)56)34(60)49-24(13-8-16-47-38(43)44)32(58)51-26(18-22-10-4-3-5-11-22)33(59)50-25(37(63)64)14-9-17-48-39(45)46/h3-5,10-11,21,23-28,30,55H,6-9,12-20,40-41H2,1-2H3,(H2,42,56)(H,49,60)(H,50,59)(H,51,58)(H,52,61)(H,53,62)(H,54,57)(H,63,64)(H4,43,44,47)(H4,45,46,48)/t23-,24-,25-,26-,27-,28-,30-/m0/s1. The van der Waals surface area contributed by atoms with Gasteiger partial charge in [-0.1, -0.05) is 50.6 Å². The maximum absolute atomic E-state index is 14.0. The molecule has 0 unspecified atom stereocenters. The van der Waals surface area contributed by atoms with E-state index in [2.05, 4.69) is 41.9 Å². The number of unbranched alkanes of at least 4 members (excludes halogenated alkanes) is 1. The fraction of sp³-hybridized carbons (Fsp3) is 0.590. The van der Waals surface area contributed by atoms with Crippen molar-refractivity contribution in [1.82, 2.24) is 31.9 Å². The van der Waals surface area contributed by atoms with Crippen molar-refractivity contribution in [1.29, 1.82) is 0 Å². The van der Waals surface area contributed by atoms with E-state index in [9.17, 15) is 48.6 Å². The Balaban J connectivity index is 3.38. The number of rotatable bonds is 31. The molecule has 0 aliphatic carbocycles. The molecule has 0 aliphatic rings. The number of carboxylic acids is 1. The lowest BCUT2D eigenvalue weighted by Crippen LogP contribution is -2.61. The van der Waals surface area contributed by atoms with Crippen LogP contribution in [0.15, 0.2) is 40.3 Å². The number of nitrogens with zero attached hydrogens (tertiary/aromatic N) is 2. The van der Waals surface area contributed by atoms with Gasteiger partial charge in [0.2, 0.25) is 41.4 Å². The molecule has 0 heterocycles. The number of carboxylic acid groups (broad SMARTS) is 1. The number of carbonyl (C=O) groups is 8. The van der Waals surface area contributed by atoms with Gasteiger partial charge in [-0.15, -0.1) is 0 Å². The topological polar surface area (TPSA) is 456 Å². The lowest BCUT2D eigenvalue weighted by molar-refractivity contribution is -0.142. The third kappa shape index (κ3) is 22.0. The van der Waals surface area contributed by atoms with Crippen molar-refractivity contribution in [3.8, 4) is 0 Å². The number of aliphatic carboxylic acids is 1. The Morgan fingerprint density at radius 3 is 1.59 bits per heavy atom. The van der Waals surface area contributed by atoms with E-state index in [-0.39, 0.29) is 57.1 Å². The van der Waals surface area contributed by atoms with Crippen molar-refractivity contribution in [2.75, 3.05) is 26.2 Å². The van der Waals surface area contributed by atoms with Crippen LogP contribution in [0.3, 0.4) is 0 Å². The van der Waals surface area contributed by atoms with Gasteiger partial charge in [0.05, 0.1) is 19.1 Å². The molecule has 0 radical (unpaired) electrons. The van der Waals surface area contributed by atoms with Crippen LogP contribution in [-0.4, -0.2) is 138 Å². The first kappa shape index (κ1) is 55.4. The zero-order chi connectivity index (χ0) is 48.4. The average Bonchev–Trinajstić information content (AvgIpc) is 3.22. The molecule has 1 aromatic carbocycles. The maximum atomic E-state index is 14.0. The number of guanidine groups is 2. The summed E-state index contributed by atoms with van der Waals surface area (Å²) in [6.45, 7) is 2.75. The lowest BCUT2D eigenvalue weighted by Gasteiger charge is -2.27. The zero-order valence-corrected chi connectivity index (χ0v) is 36.3. The Morgan fingerprint density at radius 2 is 1.08 bits per heavy atom. The summed E-state index contributed by atoms with van der Waals surface area (Å²) in [5.74, 6) is -8.93. The Morgan fingerprint density at radius 1 is 0.594 bits per heavy atom. The number of aliphatic imine (C=N–C) groups is 2. The molecule has 25 heteroatoms. The van der Waals surface area contributed by atoms with Gasteiger partial charge in [0.25, 0.3) is 0 Å². The molecular formula is C39H67N15O10. The second-order valence-corrected chi connectivity index (χ2v) is 15.2. The quantitative estimate of drug-likeness (QED) is 0.0188. The van der Waals surface area contributed by atoms with Crippen molar-refractivity contribution in [2.24, 2.45) is 56.0 Å². The number of carbonyl (C=O) groups excluding carboxylic acids is 7. The Bertz CT molecular complexity index is 1760. The van der Waals surface area contributed by atoms with E-state index in [0.717, 1.165) is 0 Å². The fourth-order valence-electron chi connectivity index (χ4n) is 5.98. The van der Waals surface area contributed by atoms with Gasteiger partial charge in [0, 0.05) is 19.5 Å². The molecule has 22 N–H and O–H groups in total. The van der Waals surface area contributed by atoms with Crippen molar-refractivity contribution in [2.45, 2.75) is 114 Å². The van der Waals surface area contributed by atoms with E-state index in [1.165, 1.54) is 0 Å². The van der Waals surface area contributed by atoms with Crippen LogP contribution < -0.4 is 72.0 Å². The van der Waals surface area contributed by atoms with Gasteiger partial charge < -0.3 is 82.2 Å². The highest BCUT2D eigenvalue weighted by molar-refractivity contribution is 5.98. The molecule has 0 spiro atoms. The summed E-state index contributed by atoms with van der Waals surface area (Å²) < 4.78 is 0. The van der Waals surface area contributed by atoms with E-state index < -0.39 is 109 Å². The minimum Gasteiger partial charge on any atom is -0.480 e. The van der Waals surface area contributed by atoms with Crippen LogP contribution in [-0.2, 0) is 44.8 Å². The fourth-order valence-corrected chi connectivity index (χ4v) is 5.98. The molecule has 7 amide bonds. The normalized spacial score (nSPS) is 14.2. The van der Waals surface area contributed by atoms with Crippen molar-refractivity contribution < 1.29 is 48.6 Å². The highest BCUT2D eigenvalue weighted by Gasteiger charge is 2.34. The second kappa shape index (κ2) is 29.7.